The first kappa shape index (κ1) is 13.4. The Bertz CT molecular complexity index is 405. The van der Waals surface area contributed by atoms with Gasteiger partial charge in [-0.25, -0.2) is 0 Å². The molecule has 1 unspecified atom stereocenters. The predicted molar refractivity (Wildman–Crippen MR) is 73.7 cm³/mol. The summed E-state index contributed by atoms with van der Waals surface area (Å²) < 4.78 is 0. The van der Waals surface area contributed by atoms with Gasteiger partial charge in [-0.05, 0) is 37.1 Å². The van der Waals surface area contributed by atoms with Crippen LogP contribution in [0.2, 0.25) is 5.02 Å². The third-order valence-electron chi connectivity index (χ3n) is 3.40. The molecule has 1 fully saturated rings. The minimum absolute atomic E-state index is 0.138. The maximum Gasteiger partial charge on any atom is 0.220 e. The van der Waals surface area contributed by atoms with Crippen LogP contribution in [0.5, 0.6) is 0 Å². The molecule has 1 aromatic carbocycles. The van der Waals surface area contributed by atoms with Crippen molar-refractivity contribution in [2.75, 3.05) is 19.6 Å². The lowest BCUT2D eigenvalue weighted by Crippen LogP contribution is -2.40. The van der Waals surface area contributed by atoms with Crippen molar-refractivity contribution in [2.45, 2.75) is 25.8 Å². The lowest BCUT2D eigenvalue weighted by molar-refractivity contribution is -0.131. The van der Waals surface area contributed by atoms with Crippen LogP contribution in [0, 0.1) is 0 Å². The molecule has 1 amide bonds. The third kappa shape index (κ3) is 3.24. The highest BCUT2D eigenvalue weighted by molar-refractivity contribution is 6.30. The molecule has 0 radical (unpaired) electrons. The first-order chi connectivity index (χ1) is 8.68. The Labute approximate surface area is 113 Å². The van der Waals surface area contributed by atoms with Crippen LogP contribution in [-0.4, -0.2) is 30.4 Å². The molecular formula is C14H19ClN2O. The second-order valence-electron chi connectivity index (χ2n) is 4.67. The number of carbonyl (C=O) groups is 1. The number of amides is 1. The summed E-state index contributed by atoms with van der Waals surface area (Å²) in [5.41, 5.74) is 1.18. The van der Waals surface area contributed by atoms with E-state index in [0.717, 1.165) is 37.5 Å². The van der Waals surface area contributed by atoms with Gasteiger partial charge in [-0.15, -0.1) is 0 Å². The van der Waals surface area contributed by atoms with Crippen molar-refractivity contribution < 1.29 is 4.79 Å². The molecule has 98 valence electrons. The summed E-state index contributed by atoms with van der Waals surface area (Å²) in [5.74, 6) is 0.138. The molecule has 1 N–H and O–H groups in total. The van der Waals surface area contributed by atoms with E-state index in [1.807, 2.05) is 29.2 Å². The summed E-state index contributed by atoms with van der Waals surface area (Å²) >= 11 is 5.92. The summed E-state index contributed by atoms with van der Waals surface area (Å²) in [6.07, 6.45) is 2.07. The molecule has 0 aliphatic carbocycles. The van der Waals surface area contributed by atoms with Crippen LogP contribution in [0.15, 0.2) is 24.3 Å². The Morgan fingerprint density at radius 3 is 2.72 bits per heavy atom. The Morgan fingerprint density at radius 2 is 2.06 bits per heavy atom. The lowest BCUT2D eigenvalue weighted by Gasteiger charge is -2.33. The largest absolute Gasteiger partial charge is 0.335 e. The Balaban J connectivity index is 2.23. The van der Waals surface area contributed by atoms with E-state index in [1.165, 1.54) is 5.56 Å². The number of benzene rings is 1. The van der Waals surface area contributed by atoms with Gasteiger partial charge in [0.2, 0.25) is 5.91 Å². The van der Waals surface area contributed by atoms with Crippen molar-refractivity contribution in [2.24, 2.45) is 0 Å². The molecule has 1 aromatic rings. The van der Waals surface area contributed by atoms with E-state index in [0.29, 0.717) is 0 Å². The van der Waals surface area contributed by atoms with E-state index < -0.39 is 0 Å². The van der Waals surface area contributed by atoms with E-state index in [9.17, 15) is 4.79 Å². The number of rotatable bonds is 1. The second-order valence-corrected chi connectivity index (χ2v) is 5.11. The van der Waals surface area contributed by atoms with Gasteiger partial charge in [-0.1, -0.05) is 23.7 Å². The molecule has 1 aliphatic rings. The van der Waals surface area contributed by atoms with Crippen molar-refractivity contribution in [1.82, 2.24) is 10.2 Å². The maximum absolute atomic E-state index is 11.8. The van der Waals surface area contributed by atoms with E-state index in [1.54, 1.807) is 6.92 Å². The van der Waals surface area contributed by atoms with Gasteiger partial charge in [0.05, 0.1) is 6.04 Å². The smallest absolute Gasteiger partial charge is 0.220 e. The fraction of sp³-hybridized carbons (Fsp3) is 0.500. The van der Waals surface area contributed by atoms with Crippen molar-refractivity contribution in [1.29, 1.82) is 0 Å². The average molecular weight is 267 g/mol. The first-order valence-electron chi connectivity index (χ1n) is 6.42. The molecule has 1 atom stereocenters. The van der Waals surface area contributed by atoms with Crippen LogP contribution in [0.3, 0.4) is 0 Å². The number of nitrogens with one attached hydrogen (secondary N) is 1. The third-order valence-corrected chi connectivity index (χ3v) is 3.65. The molecule has 0 saturated carbocycles. The standard InChI is InChI=1S/C14H19ClN2O/c1-11(18)17-10-9-16-8-2-3-14(17)12-4-6-13(15)7-5-12/h4-7,14,16H,2-3,8-10H2,1H3. The quantitative estimate of drug-likeness (QED) is 0.848. The van der Waals surface area contributed by atoms with Crippen LogP contribution in [0.25, 0.3) is 0 Å². The molecule has 1 saturated heterocycles. The van der Waals surface area contributed by atoms with Crippen LogP contribution in [0.1, 0.15) is 31.4 Å². The fourth-order valence-electron chi connectivity index (χ4n) is 2.47. The van der Waals surface area contributed by atoms with E-state index in [-0.39, 0.29) is 11.9 Å². The summed E-state index contributed by atoms with van der Waals surface area (Å²) in [7, 11) is 0. The molecular weight excluding hydrogens is 248 g/mol. The monoisotopic (exact) mass is 266 g/mol. The summed E-state index contributed by atoms with van der Waals surface area (Å²) in [5, 5.41) is 4.07. The van der Waals surface area contributed by atoms with Crippen molar-refractivity contribution >= 4 is 17.5 Å². The molecule has 2 rings (SSSR count). The van der Waals surface area contributed by atoms with Crippen LogP contribution >= 0.6 is 11.6 Å². The highest BCUT2D eigenvalue weighted by atomic mass is 35.5. The zero-order chi connectivity index (χ0) is 13.0. The van der Waals surface area contributed by atoms with Gasteiger partial charge in [-0.2, -0.15) is 0 Å². The van der Waals surface area contributed by atoms with Gasteiger partial charge in [0, 0.05) is 25.0 Å². The zero-order valence-electron chi connectivity index (χ0n) is 10.7. The molecule has 1 aliphatic heterocycles. The molecule has 0 bridgehead atoms. The van der Waals surface area contributed by atoms with E-state index >= 15 is 0 Å². The number of halogens is 1. The van der Waals surface area contributed by atoms with Crippen LogP contribution in [-0.2, 0) is 4.79 Å². The van der Waals surface area contributed by atoms with Crippen LogP contribution < -0.4 is 5.32 Å². The van der Waals surface area contributed by atoms with E-state index in [4.69, 9.17) is 11.6 Å². The average Bonchev–Trinajstić information content (AvgIpc) is 2.30. The number of nitrogens with zero attached hydrogens (tertiary/aromatic N) is 1. The van der Waals surface area contributed by atoms with Gasteiger partial charge in [0.1, 0.15) is 0 Å². The Hall–Kier alpha value is -1.06. The van der Waals surface area contributed by atoms with Gasteiger partial charge < -0.3 is 10.2 Å². The first-order valence-corrected chi connectivity index (χ1v) is 6.79. The van der Waals surface area contributed by atoms with Crippen molar-refractivity contribution in [3.8, 4) is 0 Å². The molecule has 3 nitrogen and oxygen atoms in total. The van der Waals surface area contributed by atoms with Crippen LogP contribution in [0.4, 0.5) is 0 Å². The van der Waals surface area contributed by atoms with Gasteiger partial charge in [-0.3, -0.25) is 4.79 Å². The molecule has 0 aromatic heterocycles. The SMILES string of the molecule is CC(=O)N1CCNCCCC1c1ccc(Cl)cc1. The number of hydrogen-bond acceptors (Lipinski definition) is 2. The fourth-order valence-corrected chi connectivity index (χ4v) is 2.59. The topological polar surface area (TPSA) is 32.3 Å². The number of carbonyl (C=O) groups excluding carboxylic acids is 1. The predicted octanol–water partition coefficient (Wildman–Crippen LogP) is 2.61. The normalized spacial score (nSPS) is 21.2. The second kappa shape index (κ2) is 6.21. The van der Waals surface area contributed by atoms with E-state index in [2.05, 4.69) is 5.32 Å². The summed E-state index contributed by atoms with van der Waals surface area (Å²) in [6.45, 7) is 4.30. The maximum atomic E-state index is 11.8. The van der Waals surface area contributed by atoms with Gasteiger partial charge in [0.15, 0.2) is 0 Å². The minimum Gasteiger partial charge on any atom is -0.335 e. The minimum atomic E-state index is 0.138. The Morgan fingerprint density at radius 1 is 1.33 bits per heavy atom. The van der Waals surface area contributed by atoms with Crippen molar-refractivity contribution in [3.05, 3.63) is 34.9 Å². The van der Waals surface area contributed by atoms with Gasteiger partial charge in [0.25, 0.3) is 0 Å². The lowest BCUT2D eigenvalue weighted by atomic mass is 9.99. The zero-order valence-corrected chi connectivity index (χ0v) is 11.4. The summed E-state index contributed by atoms with van der Waals surface area (Å²) in [4.78, 5) is 13.7. The molecule has 18 heavy (non-hydrogen) atoms. The highest BCUT2D eigenvalue weighted by Crippen LogP contribution is 2.27. The Kier molecular flexibility index (Phi) is 4.61. The number of hydrogen-bond donors (Lipinski definition) is 1. The molecule has 1 heterocycles. The summed E-state index contributed by atoms with van der Waals surface area (Å²) in [6, 6.07) is 8.02. The van der Waals surface area contributed by atoms with Gasteiger partial charge >= 0.3 is 0 Å². The van der Waals surface area contributed by atoms with Crippen molar-refractivity contribution in [3.63, 3.8) is 0 Å². The molecule has 0 spiro atoms. The molecule has 4 heteroatoms. The highest BCUT2D eigenvalue weighted by Gasteiger charge is 2.23.